The number of ether oxygens (including phenoxy) is 1. The number of Topliss-reactive ketones (excluding diaryl/α,β-unsaturated/α-hetero) is 1. The van der Waals surface area contributed by atoms with Crippen molar-refractivity contribution >= 4 is 23.5 Å². The number of hydrogen-bond donors (Lipinski definition) is 1. The van der Waals surface area contributed by atoms with Gasteiger partial charge in [-0.05, 0) is 18.4 Å². The first-order valence-electron chi connectivity index (χ1n) is 6.40. The SMILES string of the molecule is CSc1ccc(C(=O)CN2CCOCC2C(N)=O)cc1. The first kappa shape index (κ1) is 15.0. The molecule has 20 heavy (non-hydrogen) atoms. The molecule has 0 aliphatic carbocycles. The minimum Gasteiger partial charge on any atom is -0.378 e. The summed E-state index contributed by atoms with van der Waals surface area (Å²) in [5.74, 6) is -0.457. The third-order valence-electron chi connectivity index (χ3n) is 3.33. The largest absolute Gasteiger partial charge is 0.378 e. The van der Waals surface area contributed by atoms with Crippen molar-refractivity contribution in [2.75, 3.05) is 32.6 Å². The van der Waals surface area contributed by atoms with Crippen LogP contribution >= 0.6 is 11.8 Å². The number of thioether (sulfide) groups is 1. The molecule has 0 aromatic heterocycles. The molecule has 108 valence electrons. The highest BCUT2D eigenvalue weighted by Crippen LogP contribution is 2.16. The smallest absolute Gasteiger partial charge is 0.237 e. The van der Waals surface area contributed by atoms with E-state index in [4.69, 9.17) is 10.5 Å². The van der Waals surface area contributed by atoms with E-state index < -0.39 is 11.9 Å². The third-order valence-corrected chi connectivity index (χ3v) is 4.07. The average molecular weight is 294 g/mol. The first-order valence-corrected chi connectivity index (χ1v) is 7.62. The van der Waals surface area contributed by atoms with Crippen LogP contribution in [-0.2, 0) is 9.53 Å². The van der Waals surface area contributed by atoms with Crippen LogP contribution in [0.25, 0.3) is 0 Å². The molecule has 1 aliphatic heterocycles. The van der Waals surface area contributed by atoms with Gasteiger partial charge in [0.05, 0.1) is 19.8 Å². The van der Waals surface area contributed by atoms with Gasteiger partial charge in [-0.15, -0.1) is 11.8 Å². The van der Waals surface area contributed by atoms with Gasteiger partial charge in [0.15, 0.2) is 5.78 Å². The van der Waals surface area contributed by atoms with E-state index in [-0.39, 0.29) is 18.9 Å². The Kier molecular flexibility index (Phi) is 5.17. The topological polar surface area (TPSA) is 72.6 Å². The number of hydrogen-bond acceptors (Lipinski definition) is 5. The molecule has 2 N–H and O–H groups in total. The summed E-state index contributed by atoms with van der Waals surface area (Å²) in [6.07, 6.45) is 1.99. The maximum absolute atomic E-state index is 12.2. The van der Waals surface area contributed by atoms with Gasteiger partial charge in [0.25, 0.3) is 0 Å². The number of morpholine rings is 1. The van der Waals surface area contributed by atoms with E-state index in [0.29, 0.717) is 18.7 Å². The van der Waals surface area contributed by atoms with Gasteiger partial charge < -0.3 is 10.5 Å². The Labute approximate surface area is 122 Å². The Morgan fingerprint density at radius 2 is 2.10 bits per heavy atom. The number of nitrogens with two attached hydrogens (primary N) is 1. The van der Waals surface area contributed by atoms with Crippen LogP contribution in [0.1, 0.15) is 10.4 Å². The number of benzene rings is 1. The molecule has 6 heteroatoms. The number of carbonyl (C=O) groups excluding carboxylic acids is 2. The number of nitrogens with zero attached hydrogens (tertiary/aromatic N) is 1. The molecule has 1 unspecified atom stereocenters. The predicted octanol–water partition coefficient (Wildman–Crippen LogP) is 0.777. The van der Waals surface area contributed by atoms with Gasteiger partial charge in [0.1, 0.15) is 6.04 Å². The molecule has 1 aliphatic rings. The van der Waals surface area contributed by atoms with Gasteiger partial charge in [-0.25, -0.2) is 0 Å². The lowest BCUT2D eigenvalue weighted by molar-refractivity contribution is -0.128. The van der Waals surface area contributed by atoms with Crippen molar-refractivity contribution in [1.29, 1.82) is 0 Å². The summed E-state index contributed by atoms with van der Waals surface area (Å²) in [6, 6.07) is 6.95. The van der Waals surface area contributed by atoms with Crippen LogP contribution in [0.4, 0.5) is 0 Å². The highest BCUT2D eigenvalue weighted by Gasteiger charge is 2.29. The molecule has 0 spiro atoms. The van der Waals surface area contributed by atoms with Crippen LogP contribution in [0.5, 0.6) is 0 Å². The van der Waals surface area contributed by atoms with Gasteiger partial charge in [0, 0.05) is 17.0 Å². The zero-order valence-electron chi connectivity index (χ0n) is 11.4. The van der Waals surface area contributed by atoms with E-state index in [1.54, 1.807) is 16.7 Å². The number of rotatable bonds is 5. The van der Waals surface area contributed by atoms with Crippen molar-refractivity contribution in [2.45, 2.75) is 10.9 Å². The summed E-state index contributed by atoms with van der Waals surface area (Å²) in [7, 11) is 0. The molecule has 1 fully saturated rings. The lowest BCUT2D eigenvalue weighted by atomic mass is 10.1. The van der Waals surface area contributed by atoms with E-state index in [9.17, 15) is 9.59 Å². The third kappa shape index (κ3) is 3.59. The Morgan fingerprint density at radius 1 is 1.40 bits per heavy atom. The molecule has 1 saturated heterocycles. The van der Waals surface area contributed by atoms with Crippen LogP contribution in [-0.4, -0.2) is 55.2 Å². The van der Waals surface area contributed by atoms with Crippen LogP contribution in [0.15, 0.2) is 29.2 Å². The highest BCUT2D eigenvalue weighted by atomic mass is 32.2. The maximum atomic E-state index is 12.2. The fourth-order valence-electron chi connectivity index (χ4n) is 2.14. The molecular weight excluding hydrogens is 276 g/mol. The van der Waals surface area contributed by atoms with Gasteiger partial charge in [0.2, 0.25) is 5.91 Å². The van der Waals surface area contributed by atoms with Crippen LogP contribution in [0.2, 0.25) is 0 Å². The number of ketones is 1. The molecule has 1 aromatic rings. The minimum absolute atomic E-state index is 0.00852. The highest BCUT2D eigenvalue weighted by molar-refractivity contribution is 7.98. The zero-order valence-corrected chi connectivity index (χ0v) is 12.2. The molecule has 1 amide bonds. The quantitative estimate of drug-likeness (QED) is 0.642. The molecule has 1 heterocycles. The predicted molar refractivity (Wildman–Crippen MR) is 77.9 cm³/mol. The molecule has 1 aromatic carbocycles. The van der Waals surface area contributed by atoms with Gasteiger partial charge >= 0.3 is 0 Å². The second-order valence-electron chi connectivity index (χ2n) is 4.62. The Morgan fingerprint density at radius 3 is 2.70 bits per heavy atom. The second kappa shape index (κ2) is 6.88. The molecule has 1 atom stereocenters. The van der Waals surface area contributed by atoms with E-state index in [2.05, 4.69) is 0 Å². The molecule has 5 nitrogen and oxygen atoms in total. The summed E-state index contributed by atoms with van der Waals surface area (Å²) in [5, 5.41) is 0. The number of amides is 1. The molecule has 2 rings (SSSR count). The standard InChI is InChI=1S/C14H18N2O3S/c1-20-11-4-2-10(3-5-11)13(17)8-16-6-7-19-9-12(16)14(15)18/h2-5,12H,6-9H2,1H3,(H2,15,18). The van der Waals surface area contributed by atoms with Crippen LogP contribution < -0.4 is 5.73 Å². The van der Waals surface area contributed by atoms with Gasteiger partial charge in [-0.3, -0.25) is 14.5 Å². The van der Waals surface area contributed by atoms with Crippen molar-refractivity contribution in [3.63, 3.8) is 0 Å². The molecule has 0 radical (unpaired) electrons. The van der Waals surface area contributed by atoms with E-state index >= 15 is 0 Å². The van der Waals surface area contributed by atoms with E-state index in [0.717, 1.165) is 4.90 Å². The van der Waals surface area contributed by atoms with Gasteiger partial charge in [-0.2, -0.15) is 0 Å². The van der Waals surface area contributed by atoms with Crippen molar-refractivity contribution in [1.82, 2.24) is 4.90 Å². The monoisotopic (exact) mass is 294 g/mol. The van der Waals surface area contributed by atoms with Crippen LogP contribution in [0, 0.1) is 0 Å². The fourth-order valence-corrected chi connectivity index (χ4v) is 2.55. The van der Waals surface area contributed by atoms with Crippen molar-refractivity contribution < 1.29 is 14.3 Å². The van der Waals surface area contributed by atoms with Gasteiger partial charge in [-0.1, -0.05) is 12.1 Å². The summed E-state index contributed by atoms with van der Waals surface area (Å²) in [6.45, 7) is 1.51. The van der Waals surface area contributed by atoms with Crippen LogP contribution in [0.3, 0.4) is 0 Å². The van der Waals surface area contributed by atoms with E-state index in [1.165, 1.54) is 0 Å². The van der Waals surface area contributed by atoms with Crippen molar-refractivity contribution in [3.8, 4) is 0 Å². The zero-order chi connectivity index (χ0) is 14.5. The maximum Gasteiger partial charge on any atom is 0.237 e. The minimum atomic E-state index is -0.516. The average Bonchev–Trinajstić information content (AvgIpc) is 2.47. The first-order chi connectivity index (χ1) is 9.61. The summed E-state index contributed by atoms with van der Waals surface area (Å²) in [5.41, 5.74) is 5.99. The summed E-state index contributed by atoms with van der Waals surface area (Å²) >= 11 is 1.63. The summed E-state index contributed by atoms with van der Waals surface area (Å²) < 4.78 is 5.23. The van der Waals surface area contributed by atoms with Crippen molar-refractivity contribution in [2.24, 2.45) is 5.73 Å². The molecule has 0 saturated carbocycles. The lowest BCUT2D eigenvalue weighted by Crippen LogP contribution is -2.53. The fraction of sp³-hybridized carbons (Fsp3) is 0.429. The Hall–Kier alpha value is -1.37. The normalized spacial score (nSPS) is 19.8. The Balaban J connectivity index is 2.03. The number of carbonyl (C=O) groups is 2. The van der Waals surface area contributed by atoms with E-state index in [1.807, 2.05) is 30.5 Å². The molecular formula is C14H18N2O3S. The second-order valence-corrected chi connectivity index (χ2v) is 5.49. The molecule has 0 bridgehead atoms. The summed E-state index contributed by atoms with van der Waals surface area (Å²) in [4.78, 5) is 26.5. The Bertz CT molecular complexity index is 490. The number of primary amides is 1. The van der Waals surface area contributed by atoms with Crippen molar-refractivity contribution in [3.05, 3.63) is 29.8 Å². The lowest BCUT2D eigenvalue weighted by Gasteiger charge is -2.32.